The molecule has 0 aromatic carbocycles. The predicted octanol–water partition coefficient (Wildman–Crippen LogP) is 5.10. The summed E-state index contributed by atoms with van der Waals surface area (Å²) in [5.41, 5.74) is 0. The number of fused-ring (bicyclic) bond motifs is 3. The maximum absolute atomic E-state index is 12.4. The van der Waals surface area contributed by atoms with E-state index in [-0.39, 0.29) is 0 Å². The number of sulfone groups is 1. The second-order valence-corrected chi connectivity index (χ2v) is 10.5. The van der Waals surface area contributed by atoms with E-state index >= 15 is 0 Å². The minimum Gasteiger partial charge on any atom is -0.218 e. The lowest BCUT2D eigenvalue weighted by atomic mass is 10.2. The molecule has 0 saturated heterocycles. The Morgan fingerprint density at radius 2 is 1.74 bits per heavy atom. The third-order valence-corrected chi connectivity index (χ3v) is 8.63. The van der Waals surface area contributed by atoms with E-state index < -0.39 is 9.84 Å². The van der Waals surface area contributed by atoms with Gasteiger partial charge in [0.1, 0.15) is 0 Å². The highest BCUT2D eigenvalue weighted by Crippen LogP contribution is 2.52. The Bertz CT molecular complexity index is 728. The second kappa shape index (κ2) is 5.26. The van der Waals surface area contributed by atoms with E-state index in [2.05, 4.69) is 31.9 Å². The van der Waals surface area contributed by atoms with E-state index in [4.69, 9.17) is 0 Å². The van der Waals surface area contributed by atoms with Gasteiger partial charge in [-0.15, -0.1) is 22.7 Å². The van der Waals surface area contributed by atoms with Gasteiger partial charge < -0.3 is 0 Å². The molecule has 1 aliphatic heterocycles. The molecule has 102 valence electrons. The Hall–Kier alpha value is 0.310. The van der Waals surface area contributed by atoms with Crippen molar-refractivity contribution < 1.29 is 8.42 Å². The van der Waals surface area contributed by atoms with Gasteiger partial charge in [0.05, 0.1) is 23.3 Å². The van der Waals surface area contributed by atoms with E-state index in [0.29, 0.717) is 9.79 Å². The van der Waals surface area contributed by atoms with Crippen LogP contribution >= 0.6 is 54.5 Å². The van der Waals surface area contributed by atoms with E-state index in [0.717, 1.165) is 38.1 Å². The molecule has 3 rings (SSSR count). The standard InChI is InChI=1S/C12H10Br2O2S3/c13-4-2-1-3-7-5-8-11(17-7)12-9(19(8,15)16)6-10(14)18-12/h5-6H,1-4H2. The molecule has 0 N–H and O–H groups in total. The zero-order valence-electron chi connectivity index (χ0n) is 9.78. The van der Waals surface area contributed by atoms with Crippen molar-refractivity contribution in [2.45, 2.75) is 29.1 Å². The molecule has 0 fully saturated rings. The fraction of sp³-hybridized carbons (Fsp3) is 0.333. The molecule has 3 heterocycles. The van der Waals surface area contributed by atoms with Gasteiger partial charge in [-0.3, -0.25) is 0 Å². The van der Waals surface area contributed by atoms with Crippen LogP contribution in [-0.4, -0.2) is 13.7 Å². The first kappa shape index (κ1) is 14.3. The lowest BCUT2D eigenvalue weighted by Crippen LogP contribution is -1.94. The quantitative estimate of drug-likeness (QED) is 0.416. The second-order valence-electron chi connectivity index (χ2n) is 4.30. The van der Waals surface area contributed by atoms with Gasteiger partial charge in [-0.05, 0) is 47.3 Å². The van der Waals surface area contributed by atoms with Gasteiger partial charge in [0, 0.05) is 10.2 Å². The van der Waals surface area contributed by atoms with Gasteiger partial charge in [-0.2, -0.15) is 0 Å². The number of aryl methyl sites for hydroxylation is 1. The molecule has 2 aromatic heterocycles. The van der Waals surface area contributed by atoms with Crippen molar-refractivity contribution in [3.8, 4) is 9.75 Å². The molecule has 0 atom stereocenters. The average molecular weight is 442 g/mol. The van der Waals surface area contributed by atoms with Crippen molar-refractivity contribution in [1.29, 1.82) is 0 Å². The molecule has 0 aliphatic carbocycles. The summed E-state index contributed by atoms with van der Waals surface area (Å²) in [5.74, 6) is 0. The highest BCUT2D eigenvalue weighted by molar-refractivity contribution is 9.11. The van der Waals surface area contributed by atoms with Gasteiger partial charge in [0.25, 0.3) is 0 Å². The highest BCUT2D eigenvalue weighted by atomic mass is 79.9. The van der Waals surface area contributed by atoms with Crippen LogP contribution in [0.4, 0.5) is 0 Å². The van der Waals surface area contributed by atoms with Crippen LogP contribution in [0.15, 0.2) is 25.7 Å². The monoisotopic (exact) mass is 440 g/mol. The van der Waals surface area contributed by atoms with Crippen LogP contribution in [0.5, 0.6) is 0 Å². The topological polar surface area (TPSA) is 34.1 Å². The van der Waals surface area contributed by atoms with E-state index in [1.165, 1.54) is 16.2 Å². The smallest absolute Gasteiger partial charge is 0.209 e. The average Bonchev–Trinajstić information content (AvgIpc) is 2.97. The van der Waals surface area contributed by atoms with E-state index in [1.807, 2.05) is 6.07 Å². The number of hydrogen-bond donors (Lipinski definition) is 0. The van der Waals surface area contributed by atoms with Crippen molar-refractivity contribution in [1.82, 2.24) is 0 Å². The number of alkyl halides is 1. The van der Waals surface area contributed by atoms with Crippen LogP contribution in [0.3, 0.4) is 0 Å². The first-order valence-electron chi connectivity index (χ1n) is 5.77. The fourth-order valence-electron chi connectivity index (χ4n) is 2.12. The van der Waals surface area contributed by atoms with Crippen molar-refractivity contribution in [3.05, 3.63) is 20.8 Å². The van der Waals surface area contributed by atoms with Crippen molar-refractivity contribution in [3.63, 3.8) is 0 Å². The molecule has 19 heavy (non-hydrogen) atoms. The van der Waals surface area contributed by atoms with Gasteiger partial charge in [-0.25, -0.2) is 8.42 Å². The summed E-state index contributed by atoms with van der Waals surface area (Å²) < 4.78 is 25.7. The Morgan fingerprint density at radius 1 is 1.05 bits per heavy atom. The van der Waals surface area contributed by atoms with E-state index in [9.17, 15) is 8.42 Å². The summed E-state index contributed by atoms with van der Waals surface area (Å²) in [5, 5.41) is 0.998. The number of thiophene rings is 2. The first-order chi connectivity index (χ1) is 9.04. The number of halogens is 2. The molecule has 0 amide bonds. The summed E-state index contributed by atoms with van der Waals surface area (Å²) in [7, 11) is -3.27. The zero-order valence-corrected chi connectivity index (χ0v) is 15.4. The van der Waals surface area contributed by atoms with Crippen LogP contribution in [0.1, 0.15) is 17.7 Å². The molecule has 0 spiro atoms. The molecule has 0 saturated carbocycles. The van der Waals surface area contributed by atoms with Crippen molar-refractivity contribution in [2.75, 3.05) is 5.33 Å². The SMILES string of the molecule is O=S1(=O)c2cc(Br)sc2-c2sc(CCCCBr)cc21. The van der Waals surface area contributed by atoms with Crippen LogP contribution in [0.25, 0.3) is 9.75 Å². The van der Waals surface area contributed by atoms with Crippen molar-refractivity contribution in [2.24, 2.45) is 0 Å². The molecule has 7 heteroatoms. The molecule has 2 aromatic rings. The largest absolute Gasteiger partial charge is 0.218 e. The van der Waals surface area contributed by atoms with Gasteiger partial charge in [0.15, 0.2) is 0 Å². The number of rotatable bonds is 4. The summed E-state index contributed by atoms with van der Waals surface area (Å²) in [6.45, 7) is 0. The van der Waals surface area contributed by atoms with Gasteiger partial charge in [-0.1, -0.05) is 15.9 Å². The normalized spacial score (nSPS) is 15.5. The lowest BCUT2D eigenvalue weighted by Gasteiger charge is -1.96. The Labute approximate surface area is 137 Å². The Morgan fingerprint density at radius 3 is 2.47 bits per heavy atom. The van der Waals surface area contributed by atoms with E-state index in [1.54, 1.807) is 17.4 Å². The molecule has 1 aliphatic rings. The predicted molar refractivity (Wildman–Crippen MR) is 87.5 cm³/mol. The zero-order chi connectivity index (χ0) is 13.6. The third kappa shape index (κ3) is 2.37. The molecule has 2 nitrogen and oxygen atoms in total. The van der Waals surface area contributed by atoms with Gasteiger partial charge in [0.2, 0.25) is 9.84 Å². The van der Waals surface area contributed by atoms with Crippen molar-refractivity contribution >= 4 is 64.4 Å². The third-order valence-electron chi connectivity index (χ3n) is 3.01. The summed E-state index contributed by atoms with van der Waals surface area (Å²) in [6.07, 6.45) is 3.16. The molecule has 0 bridgehead atoms. The number of hydrogen-bond acceptors (Lipinski definition) is 4. The Balaban J connectivity index is 2.01. The first-order valence-corrected chi connectivity index (χ1v) is 10.8. The maximum atomic E-state index is 12.4. The molecular formula is C12H10Br2O2S3. The van der Waals surface area contributed by atoms with Crippen LogP contribution < -0.4 is 0 Å². The summed E-state index contributed by atoms with van der Waals surface area (Å²) in [6, 6.07) is 3.58. The lowest BCUT2D eigenvalue weighted by molar-refractivity contribution is 0.599. The molecular weight excluding hydrogens is 432 g/mol. The summed E-state index contributed by atoms with van der Waals surface area (Å²) in [4.78, 5) is 3.99. The van der Waals surface area contributed by atoms with Gasteiger partial charge >= 0.3 is 0 Å². The van der Waals surface area contributed by atoms with Crippen LogP contribution in [0, 0.1) is 0 Å². The highest BCUT2D eigenvalue weighted by Gasteiger charge is 2.37. The molecule has 0 unspecified atom stereocenters. The fourth-order valence-corrected chi connectivity index (χ4v) is 8.10. The minimum absolute atomic E-state index is 0.470. The van der Waals surface area contributed by atoms with Crippen LogP contribution in [-0.2, 0) is 16.3 Å². The Kier molecular flexibility index (Phi) is 3.94. The van der Waals surface area contributed by atoms with Crippen LogP contribution in [0.2, 0.25) is 0 Å². The maximum Gasteiger partial charge on any atom is 0.209 e. The molecule has 0 radical (unpaired) electrons. The number of unbranched alkanes of at least 4 members (excludes halogenated alkanes) is 1. The summed E-state index contributed by atoms with van der Waals surface area (Å²) >= 11 is 9.92. The minimum atomic E-state index is -3.27.